The number of nitrogens with one attached hydrogen (secondary N) is 1. The van der Waals surface area contributed by atoms with Crippen molar-refractivity contribution in [3.63, 3.8) is 0 Å². The van der Waals surface area contributed by atoms with Crippen molar-refractivity contribution in [3.8, 4) is 0 Å². The molecule has 1 heterocycles. The first-order valence-electron chi connectivity index (χ1n) is 5.32. The number of carbonyl (C=O) groups is 1. The SMILES string of the molecule is Cn1cnc([N+](=O)[O-])c1C(=O)Nc1ccc(F)c(Cl)c1. The van der Waals surface area contributed by atoms with E-state index in [1.165, 1.54) is 23.7 Å². The summed E-state index contributed by atoms with van der Waals surface area (Å²) < 4.78 is 14.2. The Morgan fingerprint density at radius 3 is 2.85 bits per heavy atom. The topological polar surface area (TPSA) is 90.1 Å². The van der Waals surface area contributed by atoms with Gasteiger partial charge in [-0.15, -0.1) is 0 Å². The molecule has 0 saturated heterocycles. The van der Waals surface area contributed by atoms with Gasteiger partial charge in [0.05, 0.1) is 5.02 Å². The predicted octanol–water partition coefficient (Wildman–Crippen LogP) is 2.37. The highest BCUT2D eigenvalue weighted by molar-refractivity contribution is 6.31. The first-order chi connectivity index (χ1) is 9.40. The average molecular weight is 299 g/mol. The van der Waals surface area contributed by atoms with Gasteiger partial charge in [0.2, 0.25) is 12.0 Å². The fraction of sp³-hybridized carbons (Fsp3) is 0.0909. The van der Waals surface area contributed by atoms with Crippen LogP contribution in [0.15, 0.2) is 24.5 Å². The largest absolute Gasteiger partial charge is 0.394 e. The summed E-state index contributed by atoms with van der Waals surface area (Å²) in [5.74, 6) is -1.92. The van der Waals surface area contributed by atoms with Crippen LogP contribution in [0, 0.1) is 15.9 Å². The molecule has 0 fully saturated rings. The van der Waals surface area contributed by atoms with Crippen LogP contribution in [0.3, 0.4) is 0 Å². The van der Waals surface area contributed by atoms with Gasteiger partial charge in [0.1, 0.15) is 5.82 Å². The van der Waals surface area contributed by atoms with Crippen LogP contribution >= 0.6 is 11.6 Å². The minimum absolute atomic E-state index is 0.165. The number of benzene rings is 1. The van der Waals surface area contributed by atoms with Crippen molar-refractivity contribution < 1.29 is 14.1 Å². The van der Waals surface area contributed by atoms with Crippen LogP contribution in [0.1, 0.15) is 10.5 Å². The molecule has 0 aliphatic heterocycles. The van der Waals surface area contributed by atoms with Crippen LogP contribution in [0.5, 0.6) is 0 Å². The van der Waals surface area contributed by atoms with Crippen molar-refractivity contribution in [2.24, 2.45) is 7.05 Å². The van der Waals surface area contributed by atoms with E-state index in [4.69, 9.17) is 11.6 Å². The number of amides is 1. The predicted molar refractivity (Wildman–Crippen MR) is 69.2 cm³/mol. The van der Waals surface area contributed by atoms with Gasteiger partial charge in [-0.1, -0.05) is 11.6 Å². The zero-order valence-electron chi connectivity index (χ0n) is 10.1. The fourth-order valence-corrected chi connectivity index (χ4v) is 1.76. The first kappa shape index (κ1) is 13.9. The van der Waals surface area contributed by atoms with Gasteiger partial charge >= 0.3 is 5.82 Å². The molecule has 0 saturated carbocycles. The van der Waals surface area contributed by atoms with Crippen LogP contribution < -0.4 is 5.32 Å². The van der Waals surface area contributed by atoms with Crippen LogP contribution in [0.2, 0.25) is 5.02 Å². The van der Waals surface area contributed by atoms with Gasteiger partial charge in [0.25, 0.3) is 5.91 Å². The van der Waals surface area contributed by atoms with Gasteiger partial charge in [0, 0.05) is 12.7 Å². The fourth-order valence-electron chi connectivity index (χ4n) is 1.58. The number of hydrogen-bond donors (Lipinski definition) is 1. The van der Waals surface area contributed by atoms with Crippen molar-refractivity contribution >= 4 is 29.0 Å². The summed E-state index contributed by atoms with van der Waals surface area (Å²) in [6.45, 7) is 0. The Morgan fingerprint density at radius 1 is 1.55 bits per heavy atom. The summed E-state index contributed by atoms with van der Waals surface area (Å²) in [5, 5.41) is 13.0. The average Bonchev–Trinajstić information content (AvgIpc) is 2.76. The Bertz CT molecular complexity index is 701. The first-order valence-corrected chi connectivity index (χ1v) is 5.70. The summed E-state index contributed by atoms with van der Waals surface area (Å²) in [5.41, 5.74) is 0.00680. The maximum absolute atomic E-state index is 13.0. The molecule has 0 atom stereocenters. The molecule has 0 radical (unpaired) electrons. The van der Waals surface area contributed by atoms with E-state index in [2.05, 4.69) is 10.3 Å². The highest BCUT2D eigenvalue weighted by Crippen LogP contribution is 2.21. The molecule has 0 spiro atoms. The molecule has 2 aromatic rings. The van der Waals surface area contributed by atoms with E-state index in [-0.39, 0.29) is 16.4 Å². The molecular weight excluding hydrogens is 291 g/mol. The van der Waals surface area contributed by atoms with Gasteiger partial charge < -0.3 is 20.0 Å². The van der Waals surface area contributed by atoms with E-state index >= 15 is 0 Å². The quantitative estimate of drug-likeness (QED) is 0.695. The van der Waals surface area contributed by atoms with Crippen molar-refractivity contribution in [1.29, 1.82) is 0 Å². The van der Waals surface area contributed by atoms with Gasteiger partial charge in [-0.2, -0.15) is 0 Å². The number of rotatable bonds is 3. The van der Waals surface area contributed by atoms with Crippen LogP contribution in [0.25, 0.3) is 0 Å². The molecule has 7 nitrogen and oxygen atoms in total. The second-order valence-electron chi connectivity index (χ2n) is 3.87. The second-order valence-corrected chi connectivity index (χ2v) is 4.28. The minimum Gasteiger partial charge on any atom is -0.358 e. The molecule has 1 aromatic heterocycles. The lowest BCUT2D eigenvalue weighted by Crippen LogP contribution is -2.17. The van der Waals surface area contributed by atoms with E-state index in [1.807, 2.05) is 0 Å². The summed E-state index contributed by atoms with van der Waals surface area (Å²) >= 11 is 5.58. The summed E-state index contributed by atoms with van der Waals surface area (Å²) in [6, 6.07) is 3.58. The molecule has 1 N–H and O–H groups in total. The lowest BCUT2D eigenvalue weighted by molar-refractivity contribution is -0.389. The van der Waals surface area contributed by atoms with Crippen molar-refractivity contribution in [3.05, 3.63) is 51.2 Å². The summed E-state index contributed by atoms with van der Waals surface area (Å²) in [6.07, 6.45) is 1.16. The monoisotopic (exact) mass is 298 g/mol. The standard InChI is InChI=1S/C11H8ClFN4O3/c1-16-5-14-10(17(19)20)9(16)11(18)15-6-2-3-8(13)7(12)4-6/h2-5H,1H3,(H,15,18). The normalized spacial score (nSPS) is 10.3. The van der Waals surface area contributed by atoms with Gasteiger partial charge in [0.15, 0.2) is 0 Å². The van der Waals surface area contributed by atoms with Crippen LogP contribution in [0.4, 0.5) is 15.9 Å². The zero-order valence-corrected chi connectivity index (χ0v) is 10.9. The highest BCUT2D eigenvalue weighted by atomic mass is 35.5. The number of nitrogens with zero attached hydrogens (tertiary/aromatic N) is 3. The summed E-state index contributed by atoms with van der Waals surface area (Å²) in [4.78, 5) is 25.5. The van der Waals surface area contributed by atoms with Crippen molar-refractivity contribution in [2.75, 3.05) is 5.32 Å². The van der Waals surface area contributed by atoms with Gasteiger partial charge in [-0.05, 0) is 28.1 Å². The smallest absolute Gasteiger partial charge is 0.358 e. The Kier molecular flexibility index (Phi) is 3.66. The molecule has 9 heteroatoms. The number of aromatic nitrogens is 2. The Balaban J connectivity index is 2.30. The second kappa shape index (κ2) is 5.25. The third kappa shape index (κ3) is 2.59. The number of halogens is 2. The molecule has 0 bridgehead atoms. The van der Waals surface area contributed by atoms with Crippen molar-refractivity contribution in [1.82, 2.24) is 9.55 Å². The number of anilines is 1. The molecule has 104 valence electrons. The molecule has 0 aliphatic rings. The lowest BCUT2D eigenvalue weighted by atomic mass is 10.3. The van der Waals surface area contributed by atoms with Gasteiger partial charge in [-0.25, -0.2) is 4.39 Å². The van der Waals surface area contributed by atoms with E-state index in [0.717, 1.165) is 12.4 Å². The molecule has 1 amide bonds. The lowest BCUT2D eigenvalue weighted by Gasteiger charge is -2.06. The van der Waals surface area contributed by atoms with E-state index in [1.54, 1.807) is 0 Å². The molecule has 1 aromatic carbocycles. The molecular formula is C11H8ClFN4O3. The third-order valence-electron chi connectivity index (χ3n) is 2.48. The maximum atomic E-state index is 13.0. The number of aryl methyl sites for hydroxylation is 1. The molecule has 0 unspecified atom stereocenters. The van der Waals surface area contributed by atoms with Gasteiger partial charge in [-0.3, -0.25) is 4.79 Å². The maximum Gasteiger partial charge on any atom is 0.394 e. The van der Waals surface area contributed by atoms with Crippen molar-refractivity contribution in [2.45, 2.75) is 0 Å². The zero-order chi connectivity index (χ0) is 14.9. The molecule has 2 rings (SSSR count). The van der Waals surface area contributed by atoms with Crippen LogP contribution in [-0.2, 0) is 7.05 Å². The number of carbonyl (C=O) groups excluding carboxylic acids is 1. The Labute approximate surface area is 117 Å². The third-order valence-corrected chi connectivity index (χ3v) is 2.77. The Morgan fingerprint density at radius 2 is 2.25 bits per heavy atom. The minimum atomic E-state index is -0.757. The number of nitro groups is 1. The Hall–Kier alpha value is -2.48. The van der Waals surface area contributed by atoms with E-state index in [0.29, 0.717) is 0 Å². The molecule has 0 aliphatic carbocycles. The van der Waals surface area contributed by atoms with E-state index < -0.39 is 22.5 Å². The van der Waals surface area contributed by atoms with E-state index in [9.17, 15) is 19.3 Å². The summed E-state index contributed by atoms with van der Waals surface area (Å²) in [7, 11) is 1.45. The number of hydrogen-bond acceptors (Lipinski definition) is 4. The highest BCUT2D eigenvalue weighted by Gasteiger charge is 2.26. The number of imidazole rings is 1. The molecule has 20 heavy (non-hydrogen) atoms. The van der Waals surface area contributed by atoms with Crippen LogP contribution in [-0.4, -0.2) is 20.4 Å².